The number of amides is 1. The molecule has 2 saturated heterocycles. The molecule has 1 amide bonds. The average molecular weight is 478 g/mol. The number of fused-ring (bicyclic) bond motifs is 3. The molecule has 2 heterocycles. The summed E-state index contributed by atoms with van der Waals surface area (Å²) >= 11 is 7.17. The molecule has 176 valence electrons. The number of benzene rings is 1. The number of ether oxygens (including phenoxy) is 2. The number of thiocarbonyl (C=S) groups is 1. The zero-order chi connectivity index (χ0) is 22.9. The average Bonchev–Trinajstić information content (AvgIpc) is 3.20. The Hall–Kier alpha value is -0.990. The normalized spacial score (nSPS) is 29.6. The minimum atomic E-state index is -0.763. The van der Waals surface area contributed by atoms with E-state index in [-0.39, 0.29) is 35.8 Å². The highest BCUT2D eigenvalue weighted by Gasteiger charge is 2.47. The Kier molecular flexibility index (Phi) is 7.62. The monoisotopic (exact) mass is 477 g/mol. The summed E-state index contributed by atoms with van der Waals surface area (Å²) in [7, 11) is 0. The Morgan fingerprint density at radius 3 is 2.81 bits per heavy atom. The zero-order valence-corrected chi connectivity index (χ0v) is 20.9. The van der Waals surface area contributed by atoms with Gasteiger partial charge in [0.15, 0.2) is 5.79 Å². The number of rotatable bonds is 8. The van der Waals surface area contributed by atoms with Crippen LogP contribution in [0.3, 0.4) is 0 Å². The standard InChI is InChI=1S/C25H35NO4S2/c1-4-5-6-10-18-15-19(30-25(2,3)29-18)13-17(27)14-22(28)26-23-20-11-8-7-9-16(20)12-21(23)32-24(26)31/h7-9,11,17-19,21,23,27H,4-6,10,12-15H2,1-3H3/t17-,18+,19-,21-,23+/m0/s1. The van der Waals surface area contributed by atoms with Crippen LogP contribution in [-0.2, 0) is 20.7 Å². The summed E-state index contributed by atoms with van der Waals surface area (Å²) in [6, 6.07) is 8.29. The lowest BCUT2D eigenvalue weighted by molar-refractivity contribution is -0.303. The van der Waals surface area contributed by atoms with Crippen molar-refractivity contribution in [3.8, 4) is 0 Å². The Morgan fingerprint density at radius 1 is 1.28 bits per heavy atom. The maximum Gasteiger partial charge on any atom is 0.231 e. The van der Waals surface area contributed by atoms with Gasteiger partial charge in [0, 0.05) is 18.1 Å². The SMILES string of the molecule is CCCCC[C@@H]1C[C@H](C[C@H](O)CC(=O)N2C(=S)S[C@H]3Cc4ccccc4[C@H]32)OC(C)(C)O1. The third kappa shape index (κ3) is 5.39. The second kappa shape index (κ2) is 10.1. The van der Waals surface area contributed by atoms with Crippen LogP contribution in [0.2, 0.25) is 0 Å². The third-order valence-corrected chi connectivity index (χ3v) is 8.26. The summed E-state index contributed by atoms with van der Waals surface area (Å²) in [6.07, 6.45) is 5.96. The Labute approximate surface area is 201 Å². The van der Waals surface area contributed by atoms with Gasteiger partial charge < -0.3 is 14.6 Å². The van der Waals surface area contributed by atoms with E-state index in [4.69, 9.17) is 21.7 Å². The maximum absolute atomic E-state index is 13.2. The van der Waals surface area contributed by atoms with E-state index >= 15 is 0 Å². The van der Waals surface area contributed by atoms with Crippen molar-refractivity contribution in [2.75, 3.05) is 0 Å². The highest BCUT2D eigenvalue weighted by molar-refractivity contribution is 8.23. The van der Waals surface area contributed by atoms with E-state index in [2.05, 4.69) is 19.1 Å². The molecular weight excluding hydrogens is 442 g/mol. The van der Waals surface area contributed by atoms with Gasteiger partial charge in [0.05, 0.1) is 30.8 Å². The second-order valence-corrected chi connectivity index (χ2v) is 11.6. The van der Waals surface area contributed by atoms with Crippen LogP contribution in [0, 0.1) is 0 Å². The van der Waals surface area contributed by atoms with Crippen molar-refractivity contribution < 1.29 is 19.4 Å². The van der Waals surface area contributed by atoms with Gasteiger partial charge in [-0.15, -0.1) is 0 Å². The fraction of sp³-hybridized carbons (Fsp3) is 0.680. The molecule has 3 aliphatic rings. The summed E-state index contributed by atoms with van der Waals surface area (Å²) in [5.74, 6) is -0.762. The first-order valence-electron chi connectivity index (χ1n) is 11.9. The van der Waals surface area contributed by atoms with Crippen molar-refractivity contribution >= 4 is 34.2 Å². The molecule has 0 aromatic heterocycles. The van der Waals surface area contributed by atoms with Gasteiger partial charge in [-0.25, -0.2) is 0 Å². The van der Waals surface area contributed by atoms with E-state index in [1.165, 1.54) is 24.0 Å². The van der Waals surface area contributed by atoms with Gasteiger partial charge in [-0.2, -0.15) is 0 Å². The van der Waals surface area contributed by atoms with Crippen molar-refractivity contribution in [1.29, 1.82) is 0 Å². The molecule has 1 aromatic carbocycles. The molecule has 0 saturated carbocycles. The summed E-state index contributed by atoms with van der Waals surface area (Å²) < 4.78 is 12.8. The van der Waals surface area contributed by atoms with Gasteiger partial charge in [0.2, 0.25) is 5.91 Å². The van der Waals surface area contributed by atoms with Crippen LogP contribution in [0.15, 0.2) is 24.3 Å². The van der Waals surface area contributed by atoms with E-state index in [1.807, 2.05) is 26.0 Å². The summed E-state index contributed by atoms with van der Waals surface area (Å²) in [5.41, 5.74) is 2.49. The Morgan fingerprint density at radius 2 is 2.03 bits per heavy atom. The third-order valence-electron chi connectivity index (χ3n) is 6.64. The molecule has 5 nitrogen and oxygen atoms in total. The van der Waals surface area contributed by atoms with Crippen LogP contribution in [0.25, 0.3) is 0 Å². The number of hydrogen-bond acceptors (Lipinski definition) is 6. The van der Waals surface area contributed by atoms with E-state index in [0.717, 1.165) is 25.7 Å². The van der Waals surface area contributed by atoms with Crippen molar-refractivity contribution in [3.05, 3.63) is 35.4 Å². The lowest BCUT2D eigenvalue weighted by atomic mass is 9.97. The largest absolute Gasteiger partial charge is 0.392 e. The van der Waals surface area contributed by atoms with Gasteiger partial charge in [-0.05, 0) is 37.8 Å². The summed E-state index contributed by atoms with van der Waals surface area (Å²) in [4.78, 5) is 15.0. The number of aliphatic hydroxyl groups excluding tert-OH is 1. The molecule has 2 aliphatic heterocycles. The minimum Gasteiger partial charge on any atom is -0.392 e. The molecule has 5 atom stereocenters. The molecule has 0 spiro atoms. The molecule has 0 bridgehead atoms. The molecule has 1 N–H and O–H groups in total. The molecule has 32 heavy (non-hydrogen) atoms. The van der Waals surface area contributed by atoms with Crippen LogP contribution in [0.5, 0.6) is 0 Å². The highest BCUT2D eigenvalue weighted by Crippen LogP contribution is 2.49. The fourth-order valence-corrected chi connectivity index (χ4v) is 7.19. The molecular formula is C25H35NO4S2. The summed E-state index contributed by atoms with van der Waals surface area (Å²) in [5, 5.41) is 11.1. The van der Waals surface area contributed by atoms with Crippen molar-refractivity contribution in [1.82, 2.24) is 4.90 Å². The number of carbonyl (C=O) groups is 1. The van der Waals surface area contributed by atoms with E-state index < -0.39 is 11.9 Å². The number of carbonyl (C=O) groups excluding carboxylic acids is 1. The van der Waals surface area contributed by atoms with Crippen molar-refractivity contribution in [2.45, 2.75) is 108 Å². The molecule has 0 radical (unpaired) electrons. The quantitative estimate of drug-likeness (QED) is 0.413. The molecule has 1 aliphatic carbocycles. The summed E-state index contributed by atoms with van der Waals surface area (Å²) in [6.45, 7) is 6.06. The topological polar surface area (TPSA) is 59.0 Å². The van der Waals surface area contributed by atoms with Crippen LogP contribution in [0.1, 0.15) is 82.9 Å². The van der Waals surface area contributed by atoms with Gasteiger partial charge in [-0.3, -0.25) is 9.69 Å². The van der Waals surface area contributed by atoms with Crippen LogP contribution < -0.4 is 0 Å². The number of hydrogen-bond donors (Lipinski definition) is 1. The number of unbranched alkanes of at least 4 members (excludes halogenated alkanes) is 2. The molecule has 7 heteroatoms. The van der Waals surface area contributed by atoms with E-state index in [1.54, 1.807) is 16.7 Å². The molecule has 4 rings (SSSR count). The number of aliphatic hydroxyl groups is 1. The van der Waals surface area contributed by atoms with Gasteiger partial charge in [0.25, 0.3) is 0 Å². The number of nitrogens with zero attached hydrogens (tertiary/aromatic N) is 1. The van der Waals surface area contributed by atoms with Gasteiger partial charge in [-0.1, -0.05) is 74.4 Å². The smallest absolute Gasteiger partial charge is 0.231 e. The first-order chi connectivity index (χ1) is 15.3. The maximum atomic E-state index is 13.2. The predicted octanol–water partition coefficient (Wildman–Crippen LogP) is 5.14. The van der Waals surface area contributed by atoms with Crippen molar-refractivity contribution in [2.24, 2.45) is 0 Å². The fourth-order valence-electron chi connectivity index (χ4n) is 5.36. The lowest BCUT2D eigenvalue weighted by Gasteiger charge is -2.41. The van der Waals surface area contributed by atoms with E-state index in [9.17, 15) is 9.90 Å². The van der Waals surface area contributed by atoms with E-state index in [0.29, 0.717) is 10.7 Å². The predicted molar refractivity (Wildman–Crippen MR) is 132 cm³/mol. The minimum absolute atomic E-state index is 0.00962. The van der Waals surface area contributed by atoms with Crippen LogP contribution in [0.4, 0.5) is 0 Å². The van der Waals surface area contributed by atoms with Crippen molar-refractivity contribution in [3.63, 3.8) is 0 Å². The van der Waals surface area contributed by atoms with Gasteiger partial charge >= 0.3 is 0 Å². The zero-order valence-electron chi connectivity index (χ0n) is 19.3. The second-order valence-electron chi connectivity index (χ2n) is 9.74. The Bertz CT molecular complexity index is 845. The molecule has 0 unspecified atom stereocenters. The molecule has 1 aromatic rings. The number of thioether (sulfide) groups is 1. The first-order valence-corrected chi connectivity index (χ1v) is 13.2. The highest BCUT2D eigenvalue weighted by atomic mass is 32.2. The van der Waals surface area contributed by atoms with Crippen LogP contribution >= 0.6 is 24.0 Å². The lowest BCUT2D eigenvalue weighted by Crippen LogP contribution is -2.46. The first kappa shape index (κ1) is 24.1. The van der Waals surface area contributed by atoms with Crippen LogP contribution in [-0.4, -0.2) is 49.6 Å². The molecule has 2 fully saturated rings. The Balaban J connectivity index is 1.36. The van der Waals surface area contributed by atoms with Gasteiger partial charge in [0.1, 0.15) is 4.32 Å².